The highest BCUT2D eigenvalue weighted by molar-refractivity contribution is 14.0. The van der Waals surface area contributed by atoms with Crippen LogP contribution in [-0.2, 0) is 6.42 Å². The molecule has 0 aliphatic carbocycles. The average Bonchev–Trinajstić information content (AvgIpc) is 2.83. The summed E-state index contributed by atoms with van der Waals surface area (Å²) >= 11 is 0. The molecule has 1 aliphatic rings. The van der Waals surface area contributed by atoms with Crippen LogP contribution in [0.3, 0.4) is 0 Å². The van der Waals surface area contributed by atoms with Gasteiger partial charge in [0.2, 0.25) is 0 Å². The number of aliphatic imine (C=N–C) groups is 1. The second-order valence-corrected chi connectivity index (χ2v) is 5.65. The van der Waals surface area contributed by atoms with E-state index in [1.54, 1.807) is 0 Å². The number of ether oxygens (including phenoxy) is 1. The smallest absolute Gasteiger partial charge is 0.193 e. The Balaban J connectivity index is 0.00000220. The minimum absolute atomic E-state index is 0. The van der Waals surface area contributed by atoms with Crippen LogP contribution in [0.1, 0.15) is 19.4 Å². The van der Waals surface area contributed by atoms with E-state index in [0.717, 1.165) is 44.4 Å². The number of halogens is 1. The lowest BCUT2D eigenvalue weighted by Gasteiger charge is -2.15. The van der Waals surface area contributed by atoms with Crippen LogP contribution in [0.2, 0.25) is 0 Å². The SMILES string of the molecule is CC(C)COc1ccc(CCNC2=NCCN2C)cc1.I. The molecule has 4 nitrogen and oxygen atoms in total. The Kier molecular flexibility index (Phi) is 7.85. The van der Waals surface area contributed by atoms with Crippen molar-refractivity contribution in [3.8, 4) is 5.75 Å². The summed E-state index contributed by atoms with van der Waals surface area (Å²) in [5, 5.41) is 3.38. The third-order valence-corrected chi connectivity index (χ3v) is 3.26. The summed E-state index contributed by atoms with van der Waals surface area (Å²) in [5.41, 5.74) is 1.32. The van der Waals surface area contributed by atoms with Crippen molar-refractivity contribution in [2.75, 3.05) is 33.3 Å². The molecule has 21 heavy (non-hydrogen) atoms. The molecule has 0 saturated heterocycles. The van der Waals surface area contributed by atoms with Crippen LogP contribution in [0.4, 0.5) is 0 Å². The van der Waals surface area contributed by atoms with Crippen LogP contribution >= 0.6 is 24.0 Å². The van der Waals surface area contributed by atoms with Gasteiger partial charge in [-0.25, -0.2) is 0 Å². The molecule has 1 aromatic carbocycles. The van der Waals surface area contributed by atoms with Crippen molar-refractivity contribution >= 4 is 29.9 Å². The quantitative estimate of drug-likeness (QED) is 0.743. The molecule has 118 valence electrons. The van der Waals surface area contributed by atoms with E-state index < -0.39 is 0 Å². The molecule has 0 fully saturated rings. The summed E-state index contributed by atoms with van der Waals surface area (Å²) in [6, 6.07) is 8.38. The highest BCUT2D eigenvalue weighted by atomic mass is 127. The minimum Gasteiger partial charge on any atom is -0.493 e. The number of benzene rings is 1. The van der Waals surface area contributed by atoms with Gasteiger partial charge in [0.15, 0.2) is 5.96 Å². The first-order valence-corrected chi connectivity index (χ1v) is 7.36. The molecular formula is C16H26IN3O. The molecule has 0 spiro atoms. The highest BCUT2D eigenvalue weighted by Gasteiger charge is 2.10. The predicted molar refractivity (Wildman–Crippen MR) is 98.8 cm³/mol. The van der Waals surface area contributed by atoms with Gasteiger partial charge in [-0.1, -0.05) is 26.0 Å². The third kappa shape index (κ3) is 6.11. The summed E-state index contributed by atoms with van der Waals surface area (Å²) in [6.45, 7) is 7.92. The topological polar surface area (TPSA) is 36.9 Å². The molecule has 0 atom stereocenters. The fourth-order valence-electron chi connectivity index (χ4n) is 2.06. The van der Waals surface area contributed by atoms with Crippen LogP contribution in [0.5, 0.6) is 5.75 Å². The van der Waals surface area contributed by atoms with Crippen molar-refractivity contribution in [3.05, 3.63) is 29.8 Å². The molecule has 0 bridgehead atoms. The number of hydrogen-bond acceptors (Lipinski definition) is 4. The van der Waals surface area contributed by atoms with Gasteiger partial charge in [-0.2, -0.15) is 0 Å². The Labute approximate surface area is 145 Å². The van der Waals surface area contributed by atoms with Gasteiger partial charge < -0.3 is 15.0 Å². The maximum atomic E-state index is 5.68. The van der Waals surface area contributed by atoms with Gasteiger partial charge in [0, 0.05) is 20.1 Å². The third-order valence-electron chi connectivity index (χ3n) is 3.26. The van der Waals surface area contributed by atoms with E-state index in [0.29, 0.717) is 5.92 Å². The van der Waals surface area contributed by atoms with Gasteiger partial charge in [0.05, 0.1) is 13.2 Å². The maximum Gasteiger partial charge on any atom is 0.193 e. The van der Waals surface area contributed by atoms with Gasteiger partial charge >= 0.3 is 0 Å². The first kappa shape index (κ1) is 18.1. The van der Waals surface area contributed by atoms with E-state index >= 15 is 0 Å². The monoisotopic (exact) mass is 403 g/mol. The molecule has 0 unspecified atom stereocenters. The van der Waals surface area contributed by atoms with Crippen molar-refractivity contribution in [2.45, 2.75) is 20.3 Å². The first-order valence-electron chi connectivity index (χ1n) is 7.36. The first-order chi connectivity index (χ1) is 9.65. The molecule has 1 aromatic rings. The fourth-order valence-corrected chi connectivity index (χ4v) is 2.06. The Bertz CT molecular complexity index is 445. The fraction of sp³-hybridized carbons (Fsp3) is 0.562. The number of rotatable bonds is 6. The van der Waals surface area contributed by atoms with Crippen LogP contribution in [0.15, 0.2) is 29.3 Å². The van der Waals surface area contributed by atoms with Crippen molar-refractivity contribution in [3.63, 3.8) is 0 Å². The van der Waals surface area contributed by atoms with Crippen LogP contribution in [0, 0.1) is 5.92 Å². The molecule has 0 aromatic heterocycles. The Morgan fingerprint density at radius 2 is 2.00 bits per heavy atom. The van der Waals surface area contributed by atoms with E-state index in [9.17, 15) is 0 Å². The van der Waals surface area contributed by atoms with E-state index in [1.165, 1.54) is 5.56 Å². The number of likely N-dealkylation sites (N-methyl/N-ethyl adjacent to an activating group) is 1. The summed E-state index contributed by atoms with van der Waals surface area (Å²) in [7, 11) is 2.07. The zero-order valence-corrected chi connectivity index (χ0v) is 15.5. The summed E-state index contributed by atoms with van der Waals surface area (Å²) in [4.78, 5) is 6.57. The highest BCUT2D eigenvalue weighted by Crippen LogP contribution is 2.13. The number of nitrogens with one attached hydrogen (secondary N) is 1. The molecular weight excluding hydrogens is 377 g/mol. The van der Waals surface area contributed by atoms with E-state index in [4.69, 9.17) is 4.74 Å². The summed E-state index contributed by atoms with van der Waals surface area (Å²) < 4.78 is 5.68. The standard InChI is InChI=1S/C16H25N3O.HI/c1-13(2)12-20-15-6-4-14(5-7-15)8-9-17-16-18-10-11-19(16)3;/h4-7,13H,8-12H2,1-3H3,(H,17,18);1H. The Morgan fingerprint density at radius 1 is 1.29 bits per heavy atom. The van der Waals surface area contributed by atoms with Gasteiger partial charge in [0.25, 0.3) is 0 Å². The van der Waals surface area contributed by atoms with Gasteiger partial charge in [-0.15, -0.1) is 24.0 Å². The van der Waals surface area contributed by atoms with Gasteiger partial charge in [-0.3, -0.25) is 4.99 Å². The second-order valence-electron chi connectivity index (χ2n) is 5.65. The minimum atomic E-state index is 0. The molecule has 2 rings (SSSR count). The Morgan fingerprint density at radius 3 is 2.57 bits per heavy atom. The summed E-state index contributed by atoms with van der Waals surface area (Å²) in [6.07, 6.45) is 0.997. The zero-order valence-electron chi connectivity index (χ0n) is 13.1. The number of nitrogens with zero attached hydrogens (tertiary/aromatic N) is 2. The lowest BCUT2D eigenvalue weighted by molar-refractivity contribution is 0.271. The van der Waals surface area contributed by atoms with Crippen molar-refractivity contribution < 1.29 is 4.74 Å². The number of hydrogen-bond donors (Lipinski definition) is 1. The van der Waals surface area contributed by atoms with Crippen LogP contribution in [-0.4, -0.2) is 44.1 Å². The average molecular weight is 403 g/mol. The predicted octanol–water partition coefficient (Wildman–Crippen LogP) is 2.77. The molecule has 1 aliphatic heterocycles. The molecule has 0 saturated carbocycles. The van der Waals surface area contributed by atoms with Crippen molar-refractivity contribution in [1.29, 1.82) is 0 Å². The van der Waals surface area contributed by atoms with Crippen LogP contribution < -0.4 is 10.1 Å². The van der Waals surface area contributed by atoms with E-state index in [-0.39, 0.29) is 24.0 Å². The lowest BCUT2D eigenvalue weighted by Crippen LogP contribution is -2.36. The van der Waals surface area contributed by atoms with Crippen molar-refractivity contribution in [1.82, 2.24) is 10.2 Å². The second kappa shape index (κ2) is 9.12. The largest absolute Gasteiger partial charge is 0.493 e. The molecule has 1 N–H and O–H groups in total. The van der Waals surface area contributed by atoms with Gasteiger partial charge in [0.1, 0.15) is 5.75 Å². The molecule has 0 radical (unpaired) electrons. The maximum absolute atomic E-state index is 5.68. The molecule has 1 heterocycles. The summed E-state index contributed by atoms with van der Waals surface area (Å²) in [5.74, 6) is 2.53. The zero-order chi connectivity index (χ0) is 14.4. The molecule has 0 amide bonds. The van der Waals surface area contributed by atoms with Gasteiger partial charge in [-0.05, 0) is 30.0 Å². The van der Waals surface area contributed by atoms with E-state index in [1.807, 2.05) is 0 Å². The molecule has 5 heteroatoms. The van der Waals surface area contributed by atoms with Crippen LogP contribution in [0.25, 0.3) is 0 Å². The Hall–Kier alpha value is -0.980. The van der Waals surface area contributed by atoms with Crippen molar-refractivity contribution in [2.24, 2.45) is 10.9 Å². The van der Waals surface area contributed by atoms with E-state index in [2.05, 4.69) is 60.4 Å². The normalized spacial score (nSPS) is 13.9. The lowest BCUT2D eigenvalue weighted by atomic mass is 10.1. The number of guanidine groups is 1.